The summed E-state index contributed by atoms with van der Waals surface area (Å²) >= 11 is 0. The Bertz CT molecular complexity index is 989. The summed E-state index contributed by atoms with van der Waals surface area (Å²) in [5, 5.41) is 2.90. The molecule has 1 unspecified atom stereocenters. The second-order valence-corrected chi connectivity index (χ2v) is 9.66. The van der Waals surface area contributed by atoms with E-state index >= 15 is 0 Å². The zero-order valence-electron chi connectivity index (χ0n) is 17.8. The van der Waals surface area contributed by atoms with Gasteiger partial charge in [0.25, 0.3) is 5.91 Å². The summed E-state index contributed by atoms with van der Waals surface area (Å²) in [7, 11) is -3.69. The molecule has 0 bridgehead atoms. The third-order valence-corrected chi connectivity index (χ3v) is 6.85. The minimum atomic E-state index is -3.69. The predicted octanol–water partition coefficient (Wildman–Crippen LogP) is 3.04. The van der Waals surface area contributed by atoms with Crippen LogP contribution < -0.4 is 10.0 Å². The van der Waals surface area contributed by atoms with Gasteiger partial charge < -0.3 is 10.1 Å². The Morgan fingerprint density at radius 2 is 1.87 bits per heavy atom. The molecule has 2 aromatic carbocycles. The normalized spacial score (nSPS) is 16.6. The van der Waals surface area contributed by atoms with Crippen molar-refractivity contribution < 1.29 is 17.9 Å². The molecule has 1 amide bonds. The van der Waals surface area contributed by atoms with Gasteiger partial charge in [-0.25, -0.2) is 13.1 Å². The number of amides is 1. The molecular formula is C23H30N2O4S. The molecule has 6 nitrogen and oxygen atoms in total. The second-order valence-electron chi connectivity index (χ2n) is 7.90. The van der Waals surface area contributed by atoms with Crippen LogP contribution in [-0.4, -0.2) is 40.1 Å². The average Bonchev–Trinajstić information content (AvgIpc) is 3.22. The maximum atomic E-state index is 12.6. The number of hydrogen-bond acceptors (Lipinski definition) is 4. The van der Waals surface area contributed by atoms with E-state index in [-0.39, 0.29) is 23.5 Å². The molecule has 0 aromatic heterocycles. The summed E-state index contributed by atoms with van der Waals surface area (Å²) in [5.74, 6) is -0.284. The Kier molecular flexibility index (Phi) is 7.28. The van der Waals surface area contributed by atoms with Crippen LogP contribution in [0.25, 0.3) is 0 Å². The first-order valence-electron chi connectivity index (χ1n) is 10.3. The van der Waals surface area contributed by atoms with Crippen LogP contribution in [0.1, 0.15) is 45.5 Å². The molecule has 162 valence electrons. The van der Waals surface area contributed by atoms with Crippen LogP contribution in [0.5, 0.6) is 0 Å². The van der Waals surface area contributed by atoms with E-state index in [1.165, 1.54) is 34.4 Å². The molecule has 0 saturated carbocycles. The lowest BCUT2D eigenvalue weighted by molar-refractivity contribution is 0.0954. The van der Waals surface area contributed by atoms with Crippen LogP contribution in [0.2, 0.25) is 0 Å². The zero-order chi connectivity index (χ0) is 21.7. The van der Waals surface area contributed by atoms with Gasteiger partial charge in [0, 0.05) is 25.3 Å². The number of carbonyl (C=O) groups is 1. The van der Waals surface area contributed by atoms with Crippen molar-refractivity contribution in [3.05, 3.63) is 64.2 Å². The standard InChI is InChI=1S/C23H30N2O4S/c1-16-12-17(2)22(18(3)13-16)9-10-24-23(26)19-6-4-8-21(14-19)30(27,28)25-15-20-7-5-11-29-20/h4,6,8,12-14,20,25H,5,7,9-11,15H2,1-3H3,(H,24,26). The van der Waals surface area contributed by atoms with Crippen molar-refractivity contribution in [1.82, 2.24) is 10.0 Å². The third-order valence-electron chi connectivity index (χ3n) is 5.43. The summed E-state index contributed by atoms with van der Waals surface area (Å²) in [6.45, 7) is 7.63. The van der Waals surface area contributed by atoms with E-state index in [0.717, 1.165) is 19.3 Å². The van der Waals surface area contributed by atoms with E-state index < -0.39 is 10.0 Å². The largest absolute Gasteiger partial charge is 0.377 e. The van der Waals surface area contributed by atoms with Crippen LogP contribution >= 0.6 is 0 Å². The predicted molar refractivity (Wildman–Crippen MR) is 117 cm³/mol. The summed E-state index contributed by atoms with van der Waals surface area (Å²) in [5.41, 5.74) is 5.21. The maximum Gasteiger partial charge on any atom is 0.251 e. The van der Waals surface area contributed by atoms with Gasteiger partial charge in [-0.3, -0.25) is 4.79 Å². The quantitative estimate of drug-likeness (QED) is 0.674. The first kappa shape index (κ1) is 22.5. The highest BCUT2D eigenvalue weighted by Crippen LogP contribution is 2.17. The van der Waals surface area contributed by atoms with Crippen LogP contribution in [-0.2, 0) is 21.2 Å². The number of aryl methyl sites for hydroxylation is 3. The smallest absolute Gasteiger partial charge is 0.251 e. The monoisotopic (exact) mass is 430 g/mol. The molecule has 2 N–H and O–H groups in total. The number of ether oxygens (including phenoxy) is 1. The molecule has 1 fully saturated rings. The third kappa shape index (κ3) is 5.68. The van der Waals surface area contributed by atoms with Gasteiger partial charge in [0.2, 0.25) is 10.0 Å². The second kappa shape index (κ2) is 9.73. The molecule has 1 atom stereocenters. The van der Waals surface area contributed by atoms with Gasteiger partial charge in [0.15, 0.2) is 0 Å². The van der Waals surface area contributed by atoms with E-state index in [2.05, 4.69) is 42.9 Å². The first-order chi connectivity index (χ1) is 14.3. The first-order valence-corrected chi connectivity index (χ1v) is 11.8. The lowest BCUT2D eigenvalue weighted by atomic mass is 9.97. The lowest BCUT2D eigenvalue weighted by Crippen LogP contribution is -2.32. The fraction of sp³-hybridized carbons (Fsp3) is 0.435. The average molecular weight is 431 g/mol. The minimum Gasteiger partial charge on any atom is -0.377 e. The fourth-order valence-electron chi connectivity index (χ4n) is 3.90. The number of carbonyl (C=O) groups excluding carboxylic acids is 1. The molecule has 1 saturated heterocycles. The van der Waals surface area contributed by atoms with Gasteiger partial charge in [-0.15, -0.1) is 0 Å². The highest BCUT2D eigenvalue weighted by molar-refractivity contribution is 7.89. The van der Waals surface area contributed by atoms with E-state index in [1.807, 2.05) is 0 Å². The van der Waals surface area contributed by atoms with Crippen molar-refractivity contribution >= 4 is 15.9 Å². The molecule has 0 spiro atoms. The van der Waals surface area contributed by atoms with Gasteiger partial charge in [-0.1, -0.05) is 23.8 Å². The van der Waals surface area contributed by atoms with Crippen LogP contribution in [0.3, 0.4) is 0 Å². The van der Waals surface area contributed by atoms with Crippen LogP contribution in [0.4, 0.5) is 0 Å². The van der Waals surface area contributed by atoms with Crippen molar-refractivity contribution in [2.75, 3.05) is 19.7 Å². The van der Waals surface area contributed by atoms with E-state index in [1.54, 1.807) is 12.1 Å². The Hall–Kier alpha value is -2.22. The number of hydrogen-bond donors (Lipinski definition) is 2. The number of nitrogens with one attached hydrogen (secondary N) is 2. The molecule has 30 heavy (non-hydrogen) atoms. The summed E-state index contributed by atoms with van der Waals surface area (Å²) in [6, 6.07) is 10.4. The molecule has 0 radical (unpaired) electrons. The van der Waals surface area contributed by atoms with Gasteiger partial charge >= 0.3 is 0 Å². The molecule has 1 aliphatic rings. The fourth-order valence-corrected chi connectivity index (χ4v) is 5.01. The van der Waals surface area contributed by atoms with Crippen molar-refractivity contribution in [3.63, 3.8) is 0 Å². The Balaban J connectivity index is 1.60. The van der Waals surface area contributed by atoms with Crippen molar-refractivity contribution in [3.8, 4) is 0 Å². The Labute approximate surface area is 179 Å². The van der Waals surface area contributed by atoms with Crippen molar-refractivity contribution in [2.45, 2.75) is 51.0 Å². The Morgan fingerprint density at radius 3 is 2.53 bits per heavy atom. The maximum absolute atomic E-state index is 12.6. The molecule has 3 rings (SSSR count). The summed E-state index contributed by atoms with van der Waals surface area (Å²) < 4.78 is 33.2. The molecule has 1 heterocycles. The molecule has 0 aliphatic carbocycles. The number of sulfonamides is 1. The van der Waals surface area contributed by atoms with Gasteiger partial charge in [0.1, 0.15) is 0 Å². The zero-order valence-corrected chi connectivity index (χ0v) is 18.6. The van der Waals surface area contributed by atoms with Crippen LogP contribution in [0.15, 0.2) is 41.3 Å². The van der Waals surface area contributed by atoms with Gasteiger partial charge in [-0.2, -0.15) is 0 Å². The van der Waals surface area contributed by atoms with E-state index in [9.17, 15) is 13.2 Å². The number of benzene rings is 2. The SMILES string of the molecule is Cc1cc(C)c(CCNC(=O)c2cccc(S(=O)(=O)NCC3CCCO3)c2)c(C)c1. The lowest BCUT2D eigenvalue weighted by Gasteiger charge is -2.13. The molecule has 2 aromatic rings. The minimum absolute atomic E-state index is 0.0818. The number of rotatable bonds is 8. The molecule has 7 heteroatoms. The van der Waals surface area contributed by atoms with Gasteiger partial charge in [-0.05, 0) is 74.9 Å². The van der Waals surface area contributed by atoms with Gasteiger partial charge in [0.05, 0.1) is 11.0 Å². The molecule has 1 aliphatic heterocycles. The van der Waals surface area contributed by atoms with Crippen LogP contribution in [0, 0.1) is 20.8 Å². The highest BCUT2D eigenvalue weighted by atomic mass is 32.2. The highest BCUT2D eigenvalue weighted by Gasteiger charge is 2.21. The summed E-state index contributed by atoms with van der Waals surface area (Å²) in [4.78, 5) is 12.6. The topological polar surface area (TPSA) is 84.5 Å². The van der Waals surface area contributed by atoms with Crippen molar-refractivity contribution in [2.24, 2.45) is 0 Å². The Morgan fingerprint density at radius 1 is 1.13 bits per heavy atom. The molecular weight excluding hydrogens is 400 g/mol. The van der Waals surface area contributed by atoms with E-state index in [4.69, 9.17) is 4.74 Å². The van der Waals surface area contributed by atoms with E-state index in [0.29, 0.717) is 18.7 Å². The summed E-state index contributed by atoms with van der Waals surface area (Å²) in [6.07, 6.45) is 2.44. The van der Waals surface area contributed by atoms with Crippen molar-refractivity contribution in [1.29, 1.82) is 0 Å².